The Labute approximate surface area is 114 Å². The van der Waals surface area contributed by atoms with Crippen LogP contribution in [0.1, 0.15) is 29.3 Å². The van der Waals surface area contributed by atoms with Crippen molar-refractivity contribution in [3.8, 4) is 0 Å². The average molecular weight is 264 g/mol. The molecule has 4 heteroatoms. The second-order valence-corrected chi connectivity index (χ2v) is 5.09. The molecule has 1 aromatic carbocycles. The van der Waals surface area contributed by atoms with Crippen LogP contribution in [0.3, 0.4) is 0 Å². The summed E-state index contributed by atoms with van der Waals surface area (Å²) in [5, 5.41) is 0. The quantitative estimate of drug-likeness (QED) is 0.836. The van der Waals surface area contributed by atoms with Crippen molar-refractivity contribution in [2.45, 2.75) is 20.3 Å². The van der Waals surface area contributed by atoms with E-state index < -0.39 is 0 Å². The third-order valence-corrected chi connectivity index (χ3v) is 3.62. The van der Waals surface area contributed by atoms with E-state index in [0.29, 0.717) is 11.1 Å². The van der Waals surface area contributed by atoms with E-state index in [2.05, 4.69) is 11.8 Å². The first-order chi connectivity index (χ1) is 9.11. The number of benzene rings is 1. The maximum atomic E-state index is 13.1. The Morgan fingerprint density at radius 3 is 2.53 bits per heavy atom. The predicted octanol–water partition coefficient (Wildman–Crippen LogP) is 2.30. The highest BCUT2D eigenvalue weighted by molar-refractivity contribution is 5.95. The fourth-order valence-corrected chi connectivity index (χ4v) is 2.53. The van der Waals surface area contributed by atoms with Crippen molar-refractivity contribution in [2.75, 3.05) is 32.7 Å². The maximum absolute atomic E-state index is 13.1. The molecular formula is C15H21FN2O. The fourth-order valence-electron chi connectivity index (χ4n) is 2.53. The Bertz CT molecular complexity index is 453. The van der Waals surface area contributed by atoms with Gasteiger partial charge in [0.1, 0.15) is 5.82 Å². The molecule has 1 amide bonds. The van der Waals surface area contributed by atoms with Crippen molar-refractivity contribution in [3.05, 3.63) is 35.1 Å². The van der Waals surface area contributed by atoms with Gasteiger partial charge < -0.3 is 4.90 Å². The number of rotatable bonds is 3. The summed E-state index contributed by atoms with van der Waals surface area (Å²) in [6, 6.07) is 4.36. The van der Waals surface area contributed by atoms with Crippen LogP contribution in [-0.2, 0) is 0 Å². The lowest BCUT2D eigenvalue weighted by Crippen LogP contribution is -2.48. The molecular weight excluding hydrogens is 243 g/mol. The van der Waals surface area contributed by atoms with Gasteiger partial charge in [0, 0.05) is 31.7 Å². The molecule has 3 nitrogen and oxygen atoms in total. The largest absolute Gasteiger partial charge is 0.336 e. The zero-order valence-electron chi connectivity index (χ0n) is 11.7. The van der Waals surface area contributed by atoms with Crippen molar-refractivity contribution in [2.24, 2.45) is 0 Å². The van der Waals surface area contributed by atoms with E-state index >= 15 is 0 Å². The van der Waals surface area contributed by atoms with Crippen LogP contribution in [0.15, 0.2) is 18.2 Å². The third kappa shape index (κ3) is 3.32. The Morgan fingerprint density at radius 1 is 1.26 bits per heavy atom. The van der Waals surface area contributed by atoms with E-state index in [0.717, 1.165) is 39.1 Å². The maximum Gasteiger partial charge on any atom is 0.254 e. The van der Waals surface area contributed by atoms with Crippen molar-refractivity contribution in [1.29, 1.82) is 0 Å². The van der Waals surface area contributed by atoms with Crippen molar-refractivity contribution in [3.63, 3.8) is 0 Å². The summed E-state index contributed by atoms with van der Waals surface area (Å²) in [4.78, 5) is 16.6. The smallest absolute Gasteiger partial charge is 0.254 e. The average Bonchev–Trinajstić information content (AvgIpc) is 2.39. The molecule has 1 saturated heterocycles. The van der Waals surface area contributed by atoms with E-state index in [4.69, 9.17) is 0 Å². The molecule has 0 aliphatic carbocycles. The molecule has 0 atom stereocenters. The Morgan fingerprint density at radius 2 is 1.95 bits per heavy atom. The van der Waals surface area contributed by atoms with Crippen molar-refractivity contribution >= 4 is 5.91 Å². The number of carbonyl (C=O) groups excluding carboxylic acids is 1. The first kappa shape index (κ1) is 14.0. The summed E-state index contributed by atoms with van der Waals surface area (Å²) in [7, 11) is 0. The lowest BCUT2D eigenvalue weighted by Gasteiger charge is -2.34. The van der Waals surface area contributed by atoms with Gasteiger partial charge in [-0.2, -0.15) is 0 Å². The number of aryl methyl sites for hydroxylation is 1. The van der Waals surface area contributed by atoms with E-state index in [1.54, 1.807) is 13.0 Å². The van der Waals surface area contributed by atoms with Crippen LogP contribution < -0.4 is 0 Å². The Kier molecular flexibility index (Phi) is 4.53. The predicted molar refractivity (Wildman–Crippen MR) is 73.8 cm³/mol. The highest BCUT2D eigenvalue weighted by Gasteiger charge is 2.22. The van der Waals surface area contributed by atoms with Gasteiger partial charge in [0.2, 0.25) is 0 Å². The van der Waals surface area contributed by atoms with Gasteiger partial charge >= 0.3 is 0 Å². The molecule has 0 spiro atoms. The number of hydrogen-bond acceptors (Lipinski definition) is 2. The first-order valence-electron chi connectivity index (χ1n) is 6.89. The monoisotopic (exact) mass is 264 g/mol. The fraction of sp³-hybridized carbons (Fsp3) is 0.533. The molecule has 0 aromatic heterocycles. The van der Waals surface area contributed by atoms with Crippen LogP contribution >= 0.6 is 0 Å². The van der Waals surface area contributed by atoms with Gasteiger partial charge in [0.25, 0.3) is 5.91 Å². The third-order valence-electron chi connectivity index (χ3n) is 3.62. The highest BCUT2D eigenvalue weighted by atomic mass is 19.1. The van der Waals surface area contributed by atoms with Gasteiger partial charge in [-0.15, -0.1) is 0 Å². The molecule has 0 unspecified atom stereocenters. The Balaban J connectivity index is 2.01. The number of nitrogens with zero attached hydrogens (tertiary/aromatic N) is 2. The minimum atomic E-state index is -0.290. The number of hydrogen-bond donors (Lipinski definition) is 0. The summed E-state index contributed by atoms with van der Waals surface area (Å²) < 4.78 is 13.1. The number of amides is 1. The number of halogens is 1. The van der Waals surface area contributed by atoms with Gasteiger partial charge in [-0.05, 0) is 43.7 Å². The van der Waals surface area contributed by atoms with Crippen LogP contribution in [0.2, 0.25) is 0 Å². The molecule has 0 radical (unpaired) electrons. The van der Waals surface area contributed by atoms with E-state index in [-0.39, 0.29) is 11.7 Å². The molecule has 0 bridgehead atoms. The van der Waals surface area contributed by atoms with Crippen molar-refractivity contribution in [1.82, 2.24) is 9.80 Å². The molecule has 1 aliphatic rings. The van der Waals surface area contributed by atoms with Crippen LogP contribution in [0.4, 0.5) is 4.39 Å². The second-order valence-electron chi connectivity index (χ2n) is 5.09. The molecule has 1 aromatic rings. The standard InChI is InChI=1S/C15H21FN2O/c1-3-6-17-7-9-18(10-8-17)15(19)14-5-4-13(16)11-12(14)2/h4-5,11H,3,6-10H2,1-2H3. The molecule has 2 rings (SSSR count). The van der Waals surface area contributed by atoms with Gasteiger partial charge in [0.15, 0.2) is 0 Å². The summed E-state index contributed by atoms with van der Waals surface area (Å²) in [6.45, 7) is 8.42. The summed E-state index contributed by atoms with van der Waals surface area (Å²) in [5.41, 5.74) is 1.33. The lowest BCUT2D eigenvalue weighted by molar-refractivity contribution is 0.0637. The SMILES string of the molecule is CCCN1CCN(C(=O)c2ccc(F)cc2C)CC1. The molecule has 1 heterocycles. The lowest BCUT2D eigenvalue weighted by atomic mass is 10.1. The van der Waals surface area contributed by atoms with Crippen LogP contribution in [0, 0.1) is 12.7 Å². The normalized spacial score (nSPS) is 16.7. The molecule has 0 N–H and O–H groups in total. The van der Waals surface area contributed by atoms with Crippen LogP contribution in [0.5, 0.6) is 0 Å². The molecule has 19 heavy (non-hydrogen) atoms. The molecule has 104 valence electrons. The van der Waals surface area contributed by atoms with E-state index in [1.807, 2.05) is 4.90 Å². The molecule has 1 fully saturated rings. The van der Waals surface area contributed by atoms with E-state index in [1.165, 1.54) is 12.1 Å². The number of piperazine rings is 1. The molecule has 1 aliphatic heterocycles. The van der Waals surface area contributed by atoms with E-state index in [9.17, 15) is 9.18 Å². The first-order valence-corrected chi connectivity index (χ1v) is 6.89. The molecule has 0 saturated carbocycles. The van der Waals surface area contributed by atoms with Gasteiger partial charge in [-0.25, -0.2) is 4.39 Å². The van der Waals surface area contributed by atoms with Gasteiger partial charge in [-0.1, -0.05) is 6.92 Å². The highest BCUT2D eigenvalue weighted by Crippen LogP contribution is 2.14. The van der Waals surface area contributed by atoms with Gasteiger partial charge in [-0.3, -0.25) is 9.69 Å². The van der Waals surface area contributed by atoms with Gasteiger partial charge in [0.05, 0.1) is 0 Å². The van der Waals surface area contributed by atoms with Crippen molar-refractivity contribution < 1.29 is 9.18 Å². The van der Waals surface area contributed by atoms with Crippen LogP contribution in [-0.4, -0.2) is 48.4 Å². The summed E-state index contributed by atoms with van der Waals surface area (Å²) in [6.07, 6.45) is 1.14. The minimum absolute atomic E-state index is 0.0219. The zero-order chi connectivity index (χ0) is 13.8. The summed E-state index contributed by atoms with van der Waals surface area (Å²) in [5.74, 6) is -0.268. The number of carbonyl (C=O) groups is 1. The topological polar surface area (TPSA) is 23.6 Å². The second kappa shape index (κ2) is 6.15. The minimum Gasteiger partial charge on any atom is -0.336 e. The zero-order valence-corrected chi connectivity index (χ0v) is 11.7. The summed E-state index contributed by atoms with van der Waals surface area (Å²) >= 11 is 0. The Hall–Kier alpha value is -1.42. The van der Waals surface area contributed by atoms with Crippen LogP contribution in [0.25, 0.3) is 0 Å².